The molecule has 1 N–H and O–H groups in total. The maximum absolute atomic E-state index is 13.3. The van der Waals surface area contributed by atoms with Crippen molar-refractivity contribution < 1.29 is 9.13 Å². The van der Waals surface area contributed by atoms with Gasteiger partial charge >= 0.3 is 0 Å². The lowest BCUT2D eigenvalue weighted by molar-refractivity contribution is -0.00139. The molecular formula is C17H27FN2O. The maximum Gasteiger partial charge on any atom is 0.123 e. The first kappa shape index (κ1) is 16.4. The SMILES string of the molecule is CCNCC1(CN(C)Cc2cccc(F)c2)CCOCC1. The number of hydrogen-bond acceptors (Lipinski definition) is 3. The molecule has 0 aliphatic carbocycles. The standard InChI is InChI=1S/C17H27FN2O/c1-3-19-13-17(7-9-21-10-8-17)14-20(2)12-15-5-4-6-16(18)11-15/h4-6,11,19H,3,7-10,12-14H2,1-2H3. The minimum atomic E-state index is -0.158. The van der Waals surface area contributed by atoms with Gasteiger partial charge in [-0.15, -0.1) is 0 Å². The van der Waals surface area contributed by atoms with Gasteiger partial charge in [0.1, 0.15) is 5.82 Å². The van der Waals surface area contributed by atoms with Gasteiger partial charge in [-0.05, 0) is 49.5 Å². The van der Waals surface area contributed by atoms with Gasteiger partial charge in [0, 0.05) is 32.8 Å². The largest absolute Gasteiger partial charge is 0.381 e. The zero-order valence-corrected chi connectivity index (χ0v) is 13.2. The molecule has 1 aliphatic heterocycles. The maximum atomic E-state index is 13.3. The Labute approximate surface area is 127 Å². The molecule has 118 valence electrons. The van der Waals surface area contributed by atoms with Crippen LogP contribution in [0.4, 0.5) is 4.39 Å². The summed E-state index contributed by atoms with van der Waals surface area (Å²) in [6, 6.07) is 6.88. The van der Waals surface area contributed by atoms with Gasteiger partial charge in [-0.2, -0.15) is 0 Å². The average molecular weight is 294 g/mol. The van der Waals surface area contributed by atoms with E-state index >= 15 is 0 Å². The number of nitrogens with zero attached hydrogens (tertiary/aromatic N) is 1. The van der Waals surface area contributed by atoms with Crippen molar-refractivity contribution in [3.63, 3.8) is 0 Å². The van der Waals surface area contributed by atoms with Crippen LogP contribution < -0.4 is 5.32 Å². The summed E-state index contributed by atoms with van der Waals surface area (Å²) >= 11 is 0. The first-order valence-corrected chi connectivity index (χ1v) is 7.85. The molecule has 21 heavy (non-hydrogen) atoms. The van der Waals surface area contributed by atoms with Crippen LogP contribution in [-0.2, 0) is 11.3 Å². The normalized spacial score (nSPS) is 18.1. The molecule has 2 rings (SSSR count). The van der Waals surface area contributed by atoms with Gasteiger partial charge in [-0.3, -0.25) is 0 Å². The minimum absolute atomic E-state index is 0.158. The fraction of sp³-hybridized carbons (Fsp3) is 0.647. The molecule has 1 fully saturated rings. The lowest BCUT2D eigenvalue weighted by Crippen LogP contribution is -2.46. The quantitative estimate of drug-likeness (QED) is 0.837. The van der Waals surface area contributed by atoms with Gasteiger partial charge in [-0.25, -0.2) is 4.39 Å². The van der Waals surface area contributed by atoms with E-state index in [1.54, 1.807) is 12.1 Å². The lowest BCUT2D eigenvalue weighted by atomic mass is 9.79. The fourth-order valence-electron chi connectivity index (χ4n) is 3.16. The molecular weight excluding hydrogens is 267 g/mol. The Hall–Kier alpha value is -0.970. The highest BCUT2D eigenvalue weighted by atomic mass is 19.1. The summed E-state index contributed by atoms with van der Waals surface area (Å²) in [4.78, 5) is 2.30. The van der Waals surface area contributed by atoms with E-state index in [4.69, 9.17) is 4.74 Å². The highest BCUT2D eigenvalue weighted by Gasteiger charge is 2.33. The second-order valence-electron chi connectivity index (χ2n) is 6.19. The van der Waals surface area contributed by atoms with Gasteiger partial charge in [-0.1, -0.05) is 19.1 Å². The van der Waals surface area contributed by atoms with Crippen LogP contribution in [0.1, 0.15) is 25.3 Å². The van der Waals surface area contributed by atoms with Crippen molar-refractivity contribution in [2.75, 3.05) is 39.9 Å². The summed E-state index contributed by atoms with van der Waals surface area (Å²) in [5.74, 6) is -0.158. The molecule has 0 radical (unpaired) electrons. The molecule has 1 saturated heterocycles. The molecule has 0 saturated carbocycles. The first-order valence-electron chi connectivity index (χ1n) is 7.85. The number of nitrogens with one attached hydrogen (secondary N) is 1. The Morgan fingerprint density at radius 1 is 1.33 bits per heavy atom. The van der Waals surface area contributed by atoms with Gasteiger partial charge in [0.05, 0.1) is 0 Å². The van der Waals surface area contributed by atoms with E-state index in [0.29, 0.717) is 0 Å². The highest BCUT2D eigenvalue weighted by Crippen LogP contribution is 2.31. The predicted octanol–water partition coefficient (Wildman–Crippen LogP) is 2.66. The molecule has 0 aromatic heterocycles. The van der Waals surface area contributed by atoms with Crippen molar-refractivity contribution in [2.24, 2.45) is 5.41 Å². The molecule has 1 aromatic carbocycles. The summed E-state index contributed by atoms with van der Waals surface area (Å²) in [5.41, 5.74) is 1.30. The van der Waals surface area contributed by atoms with Crippen molar-refractivity contribution in [1.29, 1.82) is 0 Å². The molecule has 4 heteroatoms. The van der Waals surface area contributed by atoms with E-state index in [1.165, 1.54) is 6.07 Å². The van der Waals surface area contributed by atoms with E-state index < -0.39 is 0 Å². The topological polar surface area (TPSA) is 24.5 Å². The van der Waals surface area contributed by atoms with Gasteiger partial charge < -0.3 is 15.0 Å². The van der Waals surface area contributed by atoms with E-state index in [2.05, 4.69) is 24.2 Å². The second-order valence-corrected chi connectivity index (χ2v) is 6.19. The molecule has 1 aromatic rings. The van der Waals surface area contributed by atoms with Crippen LogP contribution in [-0.4, -0.2) is 44.8 Å². The van der Waals surface area contributed by atoms with Crippen LogP contribution in [0.2, 0.25) is 0 Å². The number of benzene rings is 1. The predicted molar refractivity (Wildman–Crippen MR) is 83.8 cm³/mol. The Bertz CT molecular complexity index is 433. The van der Waals surface area contributed by atoms with Gasteiger partial charge in [0.2, 0.25) is 0 Å². The van der Waals surface area contributed by atoms with E-state index in [0.717, 1.165) is 57.8 Å². The van der Waals surface area contributed by atoms with Gasteiger partial charge in [0.25, 0.3) is 0 Å². The van der Waals surface area contributed by atoms with Crippen LogP contribution in [0.5, 0.6) is 0 Å². The van der Waals surface area contributed by atoms with Crippen molar-refractivity contribution in [3.8, 4) is 0 Å². The summed E-state index contributed by atoms with van der Waals surface area (Å²) in [7, 11) is 2.12. The number of ether oxygens (including phenoxy) is 1. The third-order valence-electron chi connectivity index (χ3n) is 4.25. The van der Waals surface area contributed by atoms with Crippen LogP contribution in [0.25, 0.3) is 0 Å². The number of hydrogen-bond donors (Lipinski definition) is 1. The Balaban J connectivity index is 1.95. The average Bonchev–Trinajstić information content (AvgIpc) is 2.46. The van der Waals surface area contributed by atoms with Crippen molar-refractivity contribution >= 4 is 0 Å². The van der Waals surface area contributed by atoms with Crippen LogP contribution >= 0.6 is 0 Å². The molecule has 0 spiro atoms. The van der Waals surface area contributed by atoms with Crippen molar-refractivity contribution in [2.45, 2.75) is 26.3 Å². The Morgan fingerprint density at radius 2 is 2.10 bits per heavy atom. The lowest BCUT2D eigenvalue weighted by Gasteiger charge is -2.40. The second kappa shape index (κ2) is 7.87. The first-order chi connectivity index (χ1) is 10.1. The zero-order chi connectivity index (χ0) is 15.1. The fourth-order valence-corrected chi connectivity index (χ4v) is 3.16. The summed E-state index contributed by atoms with van der Waals surface area (Å²) in [5, 5.41) is 3.49. The number of halogens is 1. The van der Waals surface area contributed by atoms with E-state index in [9.17, 15) is 4.39 Å². The Kier molecular flexibility index (Phi) is 6.15. The molecule has 0 amide bonds. The van der Waals surface area contributed by atoms with E-state index in [-0.39, 0.29) is 11.2 Å². The monoisotopic (exact) mass is 294 g/mol. The van der Waals surface area contributed by atoms with Crippen molar-refractivity contribution in [3.05, 3.63) is 35.6 Å². The van der Waals surface area contributed by atoms with E-state index in [1.807, 2.05) is 6.07 Å². The van der Waals surface area contributed by atoms with Gasteiger partial charge in [0.15, 0.2) is 0 Å². The van der Waals surface area contributed by atoms with Crippen LogP contribution in [0, 0.1) is 11.2 Å². The highest BCUT2D eigenvalue weighted by molar-refractivity contribution is 5.16. The molecule has 1 heterocycles. The van der Waals surface area contributed by atoms with Crippen molar-refractivity contribution in [1.82, 2.24) is 10.2 Å². The molecule has 0 unspecified atom stereocenters. The minimum Gasteiger partial charge on any atom is -0.381 e. The Morgan fingerprint density at radius 3 is 2.76 bits per heavy atom. The van der Waals surface area contributed by atoms with Crippen LogP contribution in [0.3, 0.4) is 0 Å². The summed E-state index contributed by atoms with van der Waals surface area (Å²) in [6.45, 7) is 7.66. The number of rotatable bonds is 7. The molecule has 0 bridgehead atoms. The third kappa shape index (κ3) is 5.06. The zero-order valence-electron chi connectivity index (χ0n) is 13.2. The molecule has 0 atom stereocenters. The summed E-state index contributed by atoms with van der Waals surface area (Å²) < 4.78 is 18.8. The molecule has 1 aliphatic rings. The smallest absolute Gasteiger partial charge is 0.123 e. The molecule has 3 nitrogen and oxygen atoms in total. The third-order valence-corrected chi connectivity index (χ3v) is 4.25. The van der Waals surface area contributed by atoms with Crippen LogP contribution in [0.15, 0.2) is 24.3 Å². The summed E-state index contributed by atoms with van der Waals surface area (Å²) in [6.07, 6.45) is 2.18.